The molecular weight excluding hydrogens is 314 g/mol. The molecule has 24 heavy (non-hydrogen) atoms. The minimum Gasteiger partial charge on any atom is -0.359 e. The number of piperidine rings is 1. The number of aryl methyl sites for hydroxylation is 1. The Hall–Kier alpha value is -1.91. The Balaban J connectivity index is 1.41. The van der Waals surface area contributed by atoms with Gasteiger partial charge in [0.1, 0.15) is 6.54 Å². The van der Waals surface area contributed by atoms with Crippen molar-refractivity contribution in [3.05, 3.63) is 65.7 Å². The monoisotopic (exact) mass is 340 g/mol. The number of nitrogens with one attached hydrogen (secondary N) is 3. The van der Waals surface area contributed by atoms with Crippen LogP contribution in [0, 0.1) is 6.92 Å². The molecule has 0 saturated carbocycles. The van der Waals surface area contributed by atoms with Crippen molar-refractivity contribution in [2.75, 3.05) is 18.4 Å². The Bertz CT molecular complexity index is 646. The van der Waals surface area contributed by atoms with E-state index in [1.165, 1.54) is 24.2 Å². The Kier molecular flexibility index (Phi) is 5.83. The largest absolute Gasteiger partial charge is 0.359 e. The van der Waals surface area contributed by atoms with Crippen LogP contribution in [-0.4, -0.2) is 24.2 Å². The SMILES string of the molecule is Cc1ccc(NC(=S)NC2CC[NH+](Cc3ccccc3)CC2)cc1. The number of quaternary nitrogens is 1. The zero-order valence-electron chi connectivity index (χ0n) is 14.2. The first-order valence-corrected chi connectivity index (χ1v) is 9.11. The van der Waals surface area contributed by atoms with Crippen LogP contribution in [0.1, 0.15) is 24.0 Å². The van der Waals surface area contributed by atoms with Crippen LogP contribution >= 0.6 is 12.2 Å². The predicted octanol–water partition coefficient (Wildman–Crippen LogP) is 2.53. The van der Waals surface area contributed by atoms with E-state index in [1.54, 1.807) is 4.90 Å². The second-order valence-electron chi connectivity index (χ2n) is 6.65. The molecule has 1 heterocycles. The molecule has 1 aliphatic heterocycles. The maximum atomic E-state index is 5.46. The van der Waals surface area contributed by atoms with E-state index in [0.29, 0.717) is 6.04 Å². The van der Waals surface area contributed by atoms with Gasteiger partial charge < -0.3 is 15.5 Å². The molecule has 3 rings (SSSR count). The van der Waals surface area contributed by atoms with Crippen molar-refractivity contribution >= 4 is 23.0 Å². The molecule has 0 unspecified atom stereocenters. The summed E-state index contributed by atoms with van der Waals surface area (Å²) >= 11 is 5.46. The van der Waals surface area contributed by atoms with Crippen LogP contribution in [0.25, 0.3) is 0 Å². The van der Waals surface area contributed by atoms with E-state index in [9.17, 15) is 0 Å². The summed E-state index contributed by atoms with van der Waals surface area (Å²) in [6.45, 7) is 5.60. The molecule has 1 aliphatic rings. The van der Waals surface area contributed by atoms with E-state index in [2.05, 4.69) is 72.2 Å². The highest BCUT2D eigenvalue weighted by molar-refractivity contribution is 7.80. The van der Waals surface area contributed by atoms with Gasteiger partial charge in [-0.25, -0.2) is 0 Å². The van der Waals surface area contributed by atoms with Gasteiger partial charge in [0.2, 0.25) is 0 Å². The summed E-state index contributed by atoms with van der Waals surface area (Å²) in [6.07, 6.45) is 2.33. The number of hydrogen-bond donors (Lipinski definition) is 3. The number of thiocarbonyl (C=S) groups is 1. The summed E-state index contributed by atoms with van der Waals surface area (Å²) in [7, 11) is 0. The second-order valence-corrected chi connectivity index (χ2v) is 7.06. The molecule has 0 atom stereocenters. The lowest BCUT2D eigenvalue weighted by Crippen LogP contribution is -3.12. The number of likely N-dealkylation sites (tertiary alicyclic amines) is 1. The van der Waals surface area contributed by atoms with Crippen molar-refractivity contribution in [2.45, 2.75) is 32.4 Å². The van der Waals surface area contributed by atoms with E-state index < -0.39 is 0 Å². The summed E-state index contributed by atoms with van der Waals surface area (Å²) in [5, 5.41) is 7.49. The second kappa shape index (κ2) is 8.27. The number of benzene rings is 2. The summed E-state index contributed by atoms with van der Waals surface area (Å²) in [5.41, 5.74) is 3.73. The first kappa shape index (κ1) is 16.9. The Morgan fingerprint density at radius 1 is 1.04 bits per heavy atom. The van der Waals surface area contributed by atoms with Gasteiger partial charge in [-0.2, -0.15) is 0 Å². The average molecular weight is 341 g/mol. The van der Waals surface area contributed by atoms with Crippen LogP contribution in [-0.2, 0) is 6.54 Å². The van der Waals surface area contributed by atoms with Gasteiger partial charge in [0.25, 0.3) is 0 Å². The molecule has 4 heteroatoms. The third-order valence-corrected chi connectivity index (χ3v) is 4.85. The lowest BCUT2D eigenvalue weighted by Gasteiger charge is -2.30. The Morgan fingerprint density at radius 2 is 1.71 bits per heavy atom. The lowest BCUT2D eigenvalue weighted by atomic mass is 10.0. The molecule has 0 amide bonds. The quantitative estimate of drug-likeness (QED) is 0.747. The van der Waals surface area contributed by atoms with Crippen molar-refractivity contribution in [3.63, 3.8) is 0 Å². The molecule has 0 bridgehead atoms. The zero-order chi connectivity index (χ0) is 16.8. The number of rotatable bonds is 4. The van der Waals surface area contributed by atoms with Gasteiger partial charge in [0, 0.05) is 30.1 Å². The smallest absolute Gasteiger partial charge is 0.171 e. The summed E-state index contributed by atoms with van der Waals surface area (Å²) in [4.78, 5) is 1.66. The highest BCUT2D eigenvalue weighted by Gasteiger charge is 2.22. The lowest BCUT2D eigenvalue weighted by molar-refractivity contribution is -0.918. The minimum atomic E-state index is 0.481. The highest BCUT2D eigenvalue weighted by atomic mass is 32.1. The third kappa shape index (κ3) is 5.05. The fourth-order valence-electron chi connectivity index (χ4n) is 3.22. The summed E-state index contributed by atoms with van der Waals surface area (Å²) in [5.74, 6) is 0. The maximum Gasteiger partial charge on any atom is 0.171 e. The van der Waals surface area contributed by atoms with Gasteiger partial charge in [-0.15, -0.1) is 0 Å². The van der Waals surface area contributed by atoms with Gasteiger partial charge in [-0.3, -0.25) is 0 Å². The van der Waals surface area contributed by atoms with Crippen molar-refractivity contribution in [1.29, 1.82) is 0 Å². The number of hydrogen-bond acceptors (Lipinski definition) is 1. The average Bonchev–Trinajstić information content (AvgIpc) is 2.60. The normalized spacial score (nSPS) is 20.4. The predicted molar refractivity (Wildman–Crippen MR) is 104 cm³/mol. The summed E-state index contributed by atoms with van der Waals surface area (Å²) in [6, 6.07) is 19.6. The fraction of sp³-hybridized carbons (Fsp3) is 0.350. The molecule has 3 nitrogen and oxygen atoms in total. The van der Waals surface area contributed by atoms with Gasteiger partial charge in [-0.1, -0.05) is 48.0 Å². The molecule has 1 fully saturated rings. The first-order chi connectivity index (χ1) is 11.7. The van der Waals surface area contributed by atoms with Crippen LogP contribution in [0.2, 0.25) is 0 Å². The standard InChI is InChI=1S/C20H25N3S/c1-16-7-9-18(10-8-16)21-20(24)22-19-11-13-23(14-12-19)15-17-5-3-2-4-6-17/h2-10,19H,11-15H2,1H3,(H2,21,22,24)/p+1. The van der Waals surface area contributed by atoms with Gasteiger partial charge in [-0.05, 0) is 31.3 Å². The van der Waals surface area contributed by atoms with E-state index in [1.807, 2.05) is 0 Å². The van der Waals surface area contributed by atoms with Crippen LogP contribution in [0.3, 0.4) is 0 Å². The van der Waals surface area contributed by atoms with Crippen LogP contribution < -0.4 is 15.5 Å². The Labute approximate surface area is 150 Å². The van der Waals surface area contributed by atoms with Crippen molar-refractivity contribution in [1.82, 2.24) is 5.32 Å². The molecule has 0 radical (unpaired) electrons. The molecule has 2 aromatic carbocycles. The van der Waals surface area contributed by atoms with E-state index in [0.717, 1.165) is 30.2 Å². The number of anilines is 1. The van der Waals surface area contributed by atoms with Crippen LogP contribution in [0.15, 0.2) is 54.6 Å². The molecule has 2 aromatic rings. The van der Waals surface area contributed by atoms with E-state index in [-0.39, 0.29) is 0 Å². The molecular formula is C20H26N3S+. The molecule has 0 aliphatic carbocycles. The first-order valence-electron chi connectivity index (χ1n) is 8.71. The summed E-state index contributed by atoms with van der Waals surface area (Å²) < 4.78 is 0. The molecule has 126 valence electrons. The fourth-order valence-corrected chi connectivity index (χ4v) is 3.51. The molecule has 0 aromatic heterocycles. The van der Waals surface area contributed by atoms with E-state index >= 15 is 0 Å². The highest BCUT2D eigenvalue weighted by Crippen LogP contribution is 2.09. The topological polar surface area (TPSA) is 28.5 Å². The molecule has 1 saturated heterocycles. The maximum absolute atomic E-state index is 5.46. The molecule has 0 spiro atoms. The van der Waals surface area contributed by atoms with Crippen molar-refractivity contribution < 1.29 is 4.90 Å². The van der Waals surface area contributed by atoms with Gasteiger partial charge in [0.15, 0.2) is 5.11 Å². The van der Waals surface area contributed by atoms with Crippen LogP contribution in [0.5, 0.6) is 0 Å². The van der Waals surface area contributed by atoms with Crippen molar-refractivity contribution in [3.8, 4) is 0 Å². The van der Waals surface area contributed by atoms with Crippen LogP contribution in [0.4, 0.5) is 5.69 Å². The van der Waals surface area contributed by atoms with Gasteiger partial charge >= 0.3 is 0 Å². The Morgan fingerprint density at radius 3 is 2.38 bits per heavy atom. The zero-order valence-corrected chi connectivity index (χ0v) is 15.0. The van der Waals surface area contributed by atoms with Gasteiger partial charge in [0.05, 0.1) is 13.1 Å². The third-order valence-electron chi connectivity index (χ3n) is 4.63. The van der Waals surface area contributed by atoms with E-state index in [4.69, 9.17) is 12.2 Å². The minimum absolute atomic E-state index is 0.481. The van der Waals surface area contributed by atoms with Crippen molar-refractivity contribution in [2.24, 2.45) is 0 Å². The molecule has 3 N–H and O–H groups in total.